The van der Waals surface area contributed by atoms with Gasteiger partial charge in [-0.3, -0.25) is 5.43 Å². The molecule has 1 aromatic heterocycles. The Morgan fingerprint density at radius 2 is 2.35 bits per heavy atom. The molecule has 94 valence electrons. The molecule has 5 nitrogen and oxygen atoms in total. The Morgan fingerprint density at radius 3 is 2.94 bits per heavy atom. The van der Waals surface area contributed by atoms with Crippen LogP contribution in [0, 0.1) is 5.92 Å². The van der Waals surface area contributed by atoms with E-state index in [0.717, 1.165) is 31.2 Å². The average Bonchev–Trinajstić information content (AvgIpc) is 3.13. The van der Waals surface area contributed by atoms with Gasteiger partial charge in [0, 0.05) is 13.1 Å². The first-order chi connectivity index (χ1) is 8.24. The number of hydrazine groups is 1. The molecule has 1 aromatic rings. The van der Waals surface area contributed by atoms with Gasteiger partial charge in [0.25, 0.3) is 0 Å². The lowest BCUT2D eigenvalue weighted by Crippen LogP contribution is -2.28. The van der Waals surface area contributed by atoms with Crippen molar-refractivity contribution in [2.45, 2.75) is 26.2 Å². The van der Waals surface area contributed by atoms with Gasteiger partial charge in [0.2, 0.25) is 5.95 Å². The first-order valence-corrected chi connectivity index (χ1v) is 6.36. The van der Waals surface area contributed by atoms with Crippen molar-refractivity contribution >= 4 is 23.4 Å². The van der Waals surface area contributed by atoms with Crippen LogP contribution in [0.15, 0.2) is 6.20 Å². The SMILES string of the molecule is CCCN(CC1CC1)c1nc(NN)ncc1Cl. The van der Waals surface area contributed by atoms with Gasteiger partial charge in [-0.1, -0.05) is 18.5 Å². The molecule has 1 saturated carbocycles. The maximum atomic E-state index is 6.15. The zero-order chi connectivity index (χ0) is 12.3. The maximum absolute atomic E-state index is 6.15. The Bertz CT molecular complexity index is 380. The van der Waals surface area contributed by atoms with E-state index >= 15 is 0 Å². The molecule has 0 spiro atoms. The van der Waals surface area contributed by atoms with Gasteiger partial charge < -0.3 is 4.90 Å². The third-order valence-electron chi connectivity index (χ3n) is 2.82. The van der Waals surface area contributed by atoms with E-state index in [-0.39, 0.29) is 0 Å². The molecule has 0 radical (unpaired) electrons. The molecule has 0 amide bonds. The molecular formula is C11H18ClN5. The Hall–Kier alpha value is -1.07. The van der Waals surface area contributed by atoms with Crippen molar-refractivity contribution in [1.29, 1.82) is 0 Å². The summed E-state index contributed by atoms with van der Waals surface area (Å²) in [6, 6.07) is 0. The second kappa shape index (κ2) is 5.51. The Balaban J connectivity index is 2.19. The zero-order valence-corrected chi connectivity index (χ0v) is 10.7. The van der Waals surface area contributed by atoms with Crippen LogP contribution in [0.25, 0.3) is 0 Å². The van der Waals surface area contributed by atoms with Crippen LogP contribution >= 0.6 is 11.6 Å². The lowest BCUT2D eigenvalue weighted by Gasteiger charge is -2.24. The van der Waals surface area contributed by atoms with Crippen molar-refractivity contribution in [2.75, 3.05) is 23.4 Å². The van der Waals surface area contributed by atoms with Gasteiger partial charge in [-0.15, -0.1) is 0 Å². The number of nitrogen functional groups attached to an aromatic ring is 1. The highest BCUT2D eigenvalue weighted by Crippen LogP contribution is 2.33. The second-order valence-electron chi connectivity index (χ2n) is 4.40. The number of hydrogen-bond donors (Lipinski definition) is 2. The van der Waals surface area contributed by atoms with Crippen molar-refractivity contribution in [3.8, 4) is 0 Å². The van der Waals surface area contributed by atoms with E-state index in [1.54, 1.807) is 6.20 Å². The molecule has 1 fully saturated rings. The predicted molar refractivity (Wildman–Crippen MR) is 70.1 cm³/mol. The number of nitrogens with two attached hydrogens (primary N) is 1. The van der Waals surface area contributed by atoms with Crippen molar-refractivity contribution in [1.82, 2.24) is 9.97 Å². The molecule has 2 rings (SSSR count). The summed E-state index contributed by atoms with van der Waals surface area (Å²) >= 11 is 6.15. The highest BCUT2D eigenvalue weighted by atomic mass is 35.5. The largest absolute Gasteiger partial charge is 0.355 e. The van der Waals surface area contributed by atoms with Crippen LogP contribution in [0.3, 0.4) is 0 Å². The number of halogens is 1. The van der Waals surface area contributed by atoms with Gasteiger partial charge in [0.1, 0.15) is 5.02 Å². The standard InChI is InChI=1S/C11H18ClN5/c1-2-5-17(7-8-3-4-8)10-9(12)6-14-11(15-10)16-13/h6,8H,2-5,7,13H2,1H3,(H,14,15,16). The summed E-state index contributed by atoms with van der Waals surface area (Å²) in [6.07, 6.45) is 5.28. The van der Waals surface area contributed by atoms with Crippen LogP contribution in [-0.2, 0) is 0 Å². The minimum atomic E-state index is 0.404. The van der Waals surface area contributed by atoms with E-state index in [9.17, 15) is 0 Å². The van der Waals surface area contributed by atoms with Gasteiger partial charge in [-0.25, -0.2) is 10.8 Å². The molecule has 0 bridgehead atoms. The van der Waals surface area contributed by atoms with Crippen LogP contribution in [0.1, 0.15) is 26.2 Å². The predicted octanol–water partition coefficient (Wildman–Crippen LogP) is 2.04. The summed E-state index contributed by atoms with van der Waals surface area (Å²) in [6.45, 7) is 4.13. The summed E-state index contributed by atoms with van der Waals surface area (Å²) in [5, 5.41) is 0.582. The minimum absolute atomic E-state index is 0.404. The second-order valence-corrected chi connectivity index (χ2v) is 4.81. The first kappa shape index (κ1) is 12.4. The number of aromatic nitrogens is 2. The summed E-state index contributed by atoms with van der Waals surface area (Å²) < 4.78 is 0. The van der Waals surface area contributed by atoms with Gasteiger partial charge in [-0.2, -0.15) is 4.98 Å². The number of anilines is 2. The van der Waals surface area contributed by atoms with E-state index in [1.807, 2.05) is 0 Å². The van der Waals surface area contributed by atoms with Crippen molar-refractivity contribution in [3.63, 3.8) is 0 Å². The first-order valence-electron chi connectivity index (χ1n) is 5.98. The maximum Gasteiger partial charge on any atom is 0.239 e. The molecule has 0 aliphatic heterocycles. The lowest BCUT2D eigenvalue weighted by molar-refractivity contribution is 0.698. The number of nitrogens with zero attached hydrogens (tertiary/aromatic N) is 3. The van der Waals surface area contributed by atoms with Crippen LogP contribution in [-0.4, -0.2) is 23.1 Å². The summed E-state index contributed by atoms with van der Waals surface area (Å²) in [7, 11) is 0. The van der Waals surface area contributed by atoms with E-state index in [1.165, 1.54) is 12.8 Å². The molecule has 0 unspecified atom stereocenters. The molecule has 0 atom stereocenters. The molecular weight excluding hydrogens is 238 g/mol. The Kier molecular flexibility index (Phi) is 4.02. The molecule has 0 saturated heterocycles. The number of nitrogens with one attached hydrogen (secondary N) is 1. The van der Waals surface area contributed by atoms with Crippen LogP contribution < -0.4 is 16.2 Å². The van der Waals surface area contributed by atoms with Crippen LogP contribution in [0.5, 0.6) is 0 Å². The molecule has 0 aromatic carbocycles. The van der Waals surface area contributed by atoms with E-state index in [0.29, 0.717) is 11.0 Å². The topological polar surface area (TPSA) is 67.1 Å². The van der Waals surface area contributed by atoms with Gasteiger partial charge in [-0.05, 0) is 25.2 Å². The highest BCUT2D eigenvalue weighted by Gasteiger charge is 2.25. The molecule has 1 aliphatic carbocycles. The van der Waals surface area contributed by atoms with Gasteiger partial charge in [0.15, 0.2) is 5.82 Å². The molecule has 1 aliphatic rings. The van der Waals surface area contributed by atoms with E-state index in [2.05, 4.69) is 27.2 Å². The minimum Gasteiger partial charge on any atom is -0.355 e. The lowest BCUT2D eigenvalue weighted by atomic mass is 10.3. The van der Waals surface area contributed by atoms with Crippen LogP contribution in [0.4, 0.5) is 11.8 Å². The molecule has 6 heteroatoms. The van der Waals surface area contributed by atoms with Crippen molar-refractivity contribution in [3.05, 3.63) is 11.2 Å². The van der Waals surface area contributed by atoms with Crippen LogP contribution in [0.2, 0.25) is 5.02 Å². The summed E-state index contributed by atoms with van der Waals surface area (Å²) in [4.78, 5) is 10.6. The van der Waals surface area contributed by atoms with Gasteiger partial charge in [0.05, 0.1) is 6.20 Å². The summed E-state index contributed by atoms with van der Waals surface area (Å²) in [5.41, 5.74) is 2.45. The summed E-state index contributed by atoms with van der Waals surface area (Å²) in [5.74, 6) is 7.30. The molecule has 3 N–H and O–H groups in total. The monoisotopic (exact) mass is 255 g/mol. The van der Waals surface area contributed by atoms with E-state index < -0.39 is 0 Å². The number of rotatable bonds is 6. The molecule has 17 heavy (non-hydrogen) atoms. The molecule has 1 heterocycles. The normalized spacial score (nSPS) is 14.8. The third kappa shape index (κ3) is 3.20. The average molecular weight is 256 g/mol. The third-order valence-corrected chi connectivity index (χ3v) is 3.09. The Labute approximate surface area is 106 Å². The van der Waals surface area contributed by atoms with E-state index in [4.69, 9.17) is 17.4 Å². The van der Waals surface area contributed by atoms with Crippen molar-refractivity contribution < 1.29 is 0 Å². The number of hydrogen-bond acceptors (Lipinski definition) is 5. The van der Waals surface area contributed by atoms with Crippen molar-refractivity contribution in [2.24, 2.45) is 11.8 Å². The fraction of sp³-hybridized carbons (Fsp3) is 0.636. The zero-order valence-electron chi connectivity index (χ0n) is 9.99. The quantitative estimate of drug-likeness (QED) is 0.602. The van der Waals surface area contributed by atoms with Gasteiger partial charge >= 0.3 is 0 Å². The fourth-order valence-electron chi connectivity index (χ4n) is 1.82. The highest BCUT2D eigenvalue weighted by molar-refractivity contribution is 6.32. The smallest absolute Gasteiger partial charge is 0.239 e. The Morgan fingerprint density at radius 1 is 1.59 bits per heavy atom. The fourth-order valence-corrected chi connectivity index (χ4v) is 2.03.